The topological polar surface area (TPSA) is 80.3 Å². The molecule has 5 rings (SSSR count). The Morgan fingerprint density at radius 3 is 2.33 bits per heavy atom. The average Bonchev–Trinajstić information content (AvgIpc) is 3.44. The number of hydrogen-bond donors (Lipinski definition) is 1. The third-order valence-electron chi connectivity index (χ3n) is 6.49. The van der Waals surface area contributed by atoms with Crippen molar-refractivity contribution in [1.82, 2.24) is 20.1 Å². The Labute approximate surface area is 211 Å². The molecule has 0 fully saturated rings. The highest BCUT2D eigenvalue weighted by atomic mass is 16.5. The fraction of sp³-hybridized carbons (Fsp3) is 0.276. The van der Waals surface area contributed by atoms with E-state index >= 15 is 0 Å². The highest BCUT2D eigenvalue weighted by Gasteiger charge is 2.42. The summed E-state index contributed by atoms with van der Waals surface area (Å²) in [5.74, 6) is 2.11. The van der Waals surface area contributed by atoms with Crippen molar-refractivity contribution in [1.29, 1.82) is 0 Å². The van der Waals surface area contributed by atoms with Gasteiger partial charge >= 0.3 is 0 Å². The molecule has 2 aromatic carbocycles. The summed E-state index contributed by atoms with van der Waals surface area (Å²) in [6.07, 6.45) is 4.50. The number of amides is 1. The van der Waals surface area contributed by atoms with Crippen LogP contribution < -0.4 is 9.47 Å². The maximum atomic E-state index is 13.6. The first-order chi connectivity index (χ1) is 17.5. The Kier molecular flexibility index (Phi) is 6.71. The van der Waals surface area contributed by atoms with Gasteiger partial charge < -0.3 is 14.4 Å². The minimum Gasteiger partial charge on any atom is -0.497 e. The van der Waals surface area contributed by atoms with Gasteiger partial charge in [-0.1, -0.05) is 26.0 Å². The highest BCUT2D eigenvalue weighted by Crippen LogP contribution is 2.44. The van der Waals surface area contributed by atoms with Gasteiger partial charge in [0.25, 0.3) is 5.91 Å². The van der Waals surface area contributed by atoms with Crippen LogP contribution >= 0.6 is 0 Å². The number of hydrogen-bond acceptors (Lipinski definition) is 5. The lowest BCUT2D eigenvalue weighted by Crippen LogP contribution is -2.29. The molecule has 3 heterocycles. The van der Waals surface area contributed by atoms with Gasteiger partial charge in [0.1, 0.15) is 17.2 Å². The number of rotatable bonds is 9. The van der Waals surface area contributed by atoms with Crippen LogP contribution in [0.15, 0.2) is 73.1 Å². The van der Waals surface area contributed by atoms with Gasteiger partial charge in [0, 0.05) is 30.1 Å². The maximum absolute atomic E-state index is 13.6. The zero-order valence-corrected chi connectivity index (χ0v) is 20.8. The molecule has 1 aliphatic heterocycles. The number of benzene rings is 2. The Hall–Kier alpha value is -4.13. The second-order valence-corrected chi connectivity index (χ2v) is 9.38. The fourth-order valence-corrected chi connectivity index (χ4v) is 4.52. The maximum Gasteiger partial charge on any atom is 0.273 e. The zero-order chi connectivity index (χ0) is 25.1. The molecule has 1 N–H and O–H groups in total. The molecule has 36 heavy (non-hydrogen) atoms. The Balaban J connectivity index is 1.52. The molecule has 1 atom stereocenters. The number of nitrogens with one attached hydrogen (secondary N) is 1. The quantitative estimate of drug-likeness (QED) is 0.333. The van der Waals surface area contributed by atoms with Crippen LogP contribution in [0.1, 0.15) is 53.5 Å². The number of aromatic nitrogens is 3. The summed E-state index contributed by atoms with van der Waals surface area (Å²) < 4.78 is 11.2. The summed E-state index contributed by atoms with van der Waals surface area (Å²) in [5.41, 5.74) is 5.11. The van der Waals surface area contributed by atoms with Crippen molar-refractivity contribution in [2.24, 2.45) is 5.92 Å². The molecule has 0 radical (unpaired) electrons. The van der Waals surface area contributed by atoms with Crippen molar-refractivity contribution in [3.05, 3.63) is 95.4 Å². The van der Waals surface area contributed by atoms with E-state index in [-0.39, 0.29) is 11.9 Å². The number of carbonyl (C=O) groups excluding carboxylic acids is 1. The molecular weight excluding hydrogens is 452 g/mol. The van der Waals surface area contributed by atoms with Crippen LogP contribution in [-0.2, 0) is 6.54 Å². The predicted molar refractivity (Wildman–Crippen MR) is 138 cm³/mol. The lowest BCUT2D eigenvalue weighted by Gasteiger charge is -2.26. The van der Waals surface area contributed by atoms with E-state index in [1.807, 2.05) is 65.6 Å². The molecule has 1 aliphatic rings. The Morgan fingerprint density at radius 1 is 0.972 bits per heavy atom. The Bertz CT molecular complexity index is 1320. The minimum atomic E-state index is -0.291. The normalized spacial score (nSPS) is 14.8. The first-order valence-electron chi connectivity index (χ1n) is 12.2. The van der Waals surface area contributed by atoms with E-state index in [2.05, 4.69) is 29.0 Å². The summed E-state index contributed by atoms with van der Waals surface area (Å²) in [4.78, 5) is 19.6. The van der Waals surface area contributed by atoms with Crippen molar-refractivity contribution in [3.63, 3.8) is 0 Å². The van der Waals surface area contributed by atoms with Gasteiger partial charge in [0.05, 0.1) is 25.5 Å². The van der Waals surface area contributed by atoms with Crippen LogP contribution in [0.25, 0.3) is 11.3 Å². The monoisotopic (exact) mass is 482 g/mol. The van der Waals surface area contributed by atoms with Crippen LogP contribution in [-0.4, -0.2) is 39.7 Å². The first-order valence-corrected chi connectivity index (χ1v) is 12.2. The smallest absolute Gasteiger partial charge is 0.273 e. The molecule has 0 spiro atoms. The van der Waals surface area contributed by atoms with E-state index in [0.717, 1.165) is 45.9 Å². The molecule has 0 saturated heterocycles. The molecule has 1 amide bonds. The molecule has 7 heteroatoms. The molecule has 184 valence electrons. The van der Waals surface area contributed by atoms with E-state index in [1.54, 1.807) is 19.5 Å². The van der Waals surface area contributed by atoms with Crippen molar-refractivity contribution >= 4 is 5.91 Å². The van der Waals surface area contributed by atoms with Crippen molar-refractivity contribution < 1.29 is 14.3 Å². The van der Waals surface area contributed by atoms with E-state index < -0.39 is 0 Å². The number of carbonyl (C=O) groups is 1. The summed E-state index contributed by atoms with van der Waals surface area (Å²) >= 11 is 0. The standard InChI is InChI=1S/C29H30N4O3/c1-19(2)14-17-36-24-10-6-22(7-11-24)28-25-26(21-4-8-23(35-3)9-5-21)31-32-27(25)29(34)33(28)18-20-12-15-30-16-13-20/h4-13,15-16,19,28H,14,17-18H2,1-3H3,(H,31,32). The van der Waals surface area contributed by atoms with Gasteiger partial charge in [-0.05, 0) is 72.0 Å². The number of methoxy groups -OCH3 is 1. The summed E-state index contributed by atoms with van der Waals surface area (Å²) in [7, 11) is 1.64. The highest BCUT2D eigenvalue weighted by molar-refractivity contribution is 6.00. The lowest BCUT2D eigenvalue weighted by molar-refractivity contribution is 0.0730. The molecular formula is C29H30N4O3. The van der Waals surface area contributed by atoms with Gasteiger partial charge in [-0.2, -0.15) is 5.10 Å². The summed E-state index contributed by atoms with van der Waals surface area (Å²) in [6.45, 7) is 5.51. The van der Waals surface area contributed by atoms with Crippen LogP contribution in [0.5, 0.6) is 11.5 Å². The zero-order valence-electron chi connectivity index (χ0n) is 20.8. The molecule has 4 aromatic rings. The SMILES string of the molecule is COc1ccc(-c2n[nH]c3c2C(c2ccc(OCCC(C)C)cc2)N(Cc2ccncc2)C3=O)cc1. The largest absolute Gasteiger partial charge is 0.497 e. The number of fused-ring (bicyclic) bond motifs is 1. The second kappa shape index (κ2) is 10.2. The molecule has 1 unspecified atom stereocenters. The molecule has 0 bridgehead atoms. The van der Waals surface area contributed by atoms with Gasteiger partial charge in [-0.15, -0.1) is 0 Å². The number of H-pyrrole nitrogens is 1. The lowest BCUT2D eigenvalue weighted by atomic mass is 9.96. The average molecular weight is 483 g/mol. The predicted octanol–water partition coefficient (Wildman–Crippen LogP) is 5.65. The number of aromatic amines is 1. The Morgan fingerprint density at radius 2 is 1.67 bits per heavy atom. The van der Waals surface area contributed by atoms with Crippen molar-refractivity contribution in [3.8, 4) is 22.8 Å². The van der Waals surface area contributed by atoms with Gasteiger partial charge in [-0.25, -0.2) is 0 Å². The second-order valence-electron chi connectivity index (χ2n) is 9.38. The third-order valence-corrected chi connectivity index (χ3v) is 6.49. The number of ether oxygens (including phenoxy) is 2. The van der Waals surface area contributed by atoms with E-state index in [0.29, 0.717) is 24.8 Å². The number of pyridine rings is 1. The molecule has 2 aromatic heterocycles. The summed E-state index contributed by atoms with van der Waals surface area (Å²) in [5, 5.41) is 7.58. The van der Waals surface area contributed by atoms with E-state index in [1.165, 1.54) is 0 Å². The minimum absolute atomic E-state index is 0.0728. The molecule has 0 saturated carbocycles. The fourth-order valence-electron chi connectivity index (χ4n) is 4.52. The van der Waals surface area contributed by atoms with Crippen LogP contribution in [0.2, 0.25) is 0 Å². The van der Waals surface area contributed by atoms with Gasteiger partial charge in [-0.3, -0.25) is 14.9 Å². The van der Waals surface area contributed by atoms with Crippen LogP contribution in [0.4, 0.5) is 0 Å². The number of nitrogens with zero attached hydrogens (tertiary/aromatic N) is 3. The van der Waals surface area contributed by atoms with E-state index in [4.69, 9.17) is 9.47 Å². The van der Waals surface area contributed by atoms with Crippen molar-refractivity contribution in [2.75, 3.05) is 13.7 Å². The van der Waals surface area contributed by atoms with Gasteiger partial charge in [0.15, 0.2) is 0 Å². The van der Waals surface area contributed by atoms with Crippen molar-refractivity contribution in [2.45, 2.75) is 32.9 Å². The van der Waals surface area contributed by atoms with Crippen LogP contribution in [0.3, 0.4) is 0 Å². The van der Waals surface area contributed by atoms with E-state index in [9.17, 15) is 4.79 Å². The summed E-state index contributed by atoms with van der Waals surface area (Å²) in [6, 6.07) is 19.4. The van der Waals surface area contributed by atoms with Gasteiger partial charge in [0.2, 0.25) is 0 Å². The third kappa shape index (κ3) is 4.69. The van der Waals surface area contributed by atoms with Crippen LogP contribution in [0, 0.1) is 5.92 Å². The first kappa shape index (κ1) is 23.6. The molecule has 0 aliphatic carbocycles. The molecule has 7 nitrogen and oxygen atoms in total.